The van der Waals surface area contributed by atoms with Gasteiger partial charge in [0.05, 0.1) is 23.9 Å². The van der Waals surface area contributed by atoms with E-state index in [0.29, 0.717) is 44.2 Å². The number of carbonyl (C=O) groups is 2. The molecule has 1 aromatic heterocycles. The highest BCUT2D eigenvalue weighted by Crippen LogP contribution is 2.17. The molecule has 0 aliphatic carbocycles. The Kier molecular flexibility index (Phi) is 7.49. The van der Waals surface area contributed by atoms with Gasteiger partial charge < -0.3 is 19.7 Å². The van der Waals surface area contributed by atoms with Crippen molar-refractivity contribution in [2.24, 2.45) is 0 Å². The van der Waals surface area contributed by atoms with Crippen molar-refractivity contribution < 1.29 is 19.1 Å². The number of amides is 2. The second-order valence-corrected chi connectivity index (χ2v) is 8.59. The van der Waals surface area contributed by atoms with E-state index in [1.54, 1.807) is 46.6 Å². The molecule has 1 saturated heterocycles. The molecule has 2 heterocycles. The summed E-state index contributed by atoms with van der Waals surface area (Å²) < 4.78 is 11.0. The van der Waals surface area contributed by atoms with Crippen molar-refractivity contribution in [3.05, 3.63) is 81.8 Å². The van der Waals surface area contributed by atoms with E-state index in [2.05, 4.69) is 10.3 Å². The molecule has 0 spiro atoms. The number of hydrogen-bond acceptors (Lipinski definition) is 6. The third-order valence-corrected chi connectivity index (χ3v) is 5.86. The van der Waals surface area contributed by atoms with Gasteiger partial charge in [0.1, 0.15) is 12.4 Å². The van der Waals surface area contributed by atoms with Gasteiger partial charge in [0.15, 0.2) is 0 Å². The first kappa shape index (κ1) is 22.7. The Morgan fingerprint density at radius 1 is 1.18 bits per heavy atom. The molecule has 0 radical (unpaired) electrons. The molecule has 1 aliphatic rings. The number of aromatic nitrogens is 1. The minimum Gasteiger partial charge on any atom is -0.487 e. The van der Waals surface area contributed by atoms with E-state index in [9.17, 15) is 9.59 Å². The van der Waals surface area contributed by atoms with Crippen LogP contribution in [0.15, 0.2) is 60.0 Å². The molecule has 1 fully saturated rings. The summed E-state index contributed by atoms with van der Waals surface area (Å²) in [5, 5.41) is 5.81. The Bertz CT molecular complexity index is 1130. The van der Waals surface area contributed by atoms with Gasteiger partial charge in [-0.25, -0.2) is 4.98 Å². The lowest BCUT2D eigenvalue weighted by Gasteiger charge is -2.27. The largest absolute Gasteiger partial charge is 0.487 e. The van der Waals surface area contributed by atoms with Crippen molar-refractivity contribution in [2.75, 3.05) is 31.6 Å². The highest BCUT2D eigenvalue weighted by Gasteiger charge is 2.18. The second kappa shape index (κ2) is 10.9. The van der Waals surface area contributed by atoms with Crippen LogP contribution >= 0.6 is 11.3 Å². The van der Waals surface area contributed by atoms with Crippen LogP contribution in [0.5, 0.6) is 5.75 Å². The summed E-state index contributed by atoms with van der Waals surface area (Å²) in [6.45, 7) is 4.64. The molecule has 4 rings (SSSR count). The second-order valence-electron chi connectivity index (χ2n) is 7.52. The first-order chi connectivity index (χ1) is 16.1. The van der Waals surface area contributed by atoms with E-state index in [1.165, 1.54) is 6.08 Å². The van der Waals surface area contributed by atoms with Gasteiger partial charge in [-0.3, -0.25) is 9.59 Å². The molecule has 0 bridgehead atoms. The molecule has 1 N–H and O–H groups in total. The van der Waals surface area contributed by atoms with Gasteiger partial charge in [-0.05, 0) is 48.9 Å². The molecule has 1 aliphatic heterocycles. The van der Waals surface area contributed by atoms with E-state index in [-0.39, 0.29) is 11.8 Å². The molecule has 7 nitrogen and oxygen atoms in total. The van der Waals surface area contributed by atoms with Gasteiger partial charge in [0.25, 0.3) is 5.91 Å². The van der Waals surface area contributed by atoms with E-state index < -0.39 is 0 Å². The van der Waals surface area contributed by atoms with Crippen molar-refractivity contribution in [3.8, 4) is 5.75 Å². The number of carbonyl (C=O) groups excluding carboxylic acids is 2. The normalized spacial score (nSPS) is 13.8. The zero-order valence-electron chi connectivity index (χ0n) is 18.3. The minimum atomic E-state index is -0.273. The molecule has 0 saturated carbocycles. The Hall–Kier alpha value is -3.49. The van der Waals surface area contributed by atoms with Crippen molar-refractivity contribution in [2.45, 2.75) is 13.5 Å². The molecule has 170 valence electrons. The predicted octanol–water partition coefficient (Wildman–Crippen LogP) is 4.15. The zero-order valence-corrected chi connectivity index (χ0v) is 19.1. The smallest absolute Gasteiger partial charge is 0.254 e. The number of benzene rings is 2. The molecular formula is C25H25N3O4S. The maximum atomic E-state index is 12.6. The van der Waals surface area contributed by atoms with Crippen LogP contribution in [-0.2, 0) is 16.1 Å². The van der Waals surface area contributed by atoms with E-state index in [4.69, 9.17) is 9.47 Å². The molecule has 2 aromatic carbocycles. The molecule has 3 aromatic rings. The van der Waals surface area contributed by atoms with Crippen molar-refractivity contribution >= 4 is 34.9 Å². The van der Waals surface area contributed by atoms with Crippen LogP contribution in [0.25, 0.3) is 6.08 Å². The van der Waals surface area contributed by atoms with Crippen LogP contribution in [-0.4, -0.2) is 48.0 Å². The van der Waals surface area contributed by atoms with Crippen LogP contribution in [0.2, 0.25) is 0 Å². The number of ether oxygens (including phenoxy) is 2. The average molecular weight is 464 g/mol. The van der Waals surface area contributed by atoms with Crippen molar-refractivity contribution in [1.29, 1.82) is 0 Å². The number of nitrogens with one attached hydrogen (secondary N) is 1. The predicted molar refractivity (Wildman–Crippen MR) is 128 cm³/mol. The summed E-state index contributed by atoms with van der Waals surface area (Å²) in [4.78, 5) is 31.1. The molecule has 33 heavy (non-hydrogen) atoms. The third-order valence-electron chi connectivity index (χ3n) is 5.04. The number of anilines is 1. The third kappa shape index (κ3) is 6.50. The lowest BCUT2D eigenvalue weighted by Crippen LogP contribution is -2.40. The maximum Gasteiger partial charge on any atom is 0.254 e. The topological polar surface area (TPSA) is 80.8 Å². The van der Waals surface area contributed by atoms with Crippen LogP contribution in [0.1, 0.15) is 26.6 Å². The summed E-state index contributed by atoms with van der Waals surface area (Å²) >= 11 is 1.60. The molecule has 0 atom stereocenters. The molecule has 0 unspecified atom stereocenters. The van der Waals surface area contributed by atoms with Crippen LogP contribution in [0.3, 0.4) is 0 Å². The number of rotatable bonds is 7. The van der Waals surface area contributed by atoms with E-state index in [1.807, 2.05) is 36.6 Å². The van der Waals surface area contributed by atoms with Crippen LogP contribution in [0.4, 0.5) is 5.69 Å². The Morgan fingerprint density at radius 2 is 1.97 bits per heavy atom. The number of thiazole rings is 1. The van der Waals surface area contributed by atoms with Gasteiger partial charge in [0.2, 0.25) is 5.91 Å². The standard InChI is InChI=1S/C25H25N3O4S/c1-18-26-22(17-33-18)16-32-23-8-5-19(6-9-23)7-10-24(29)27-21-4-2-3-20(15-21)25(30)28-11-13-31-14-12-28/h2-10,15,17H,11-14,16H2,1H3,(H,27,29)/b10-7+. The fourth-order valence-electron chi connectivity index (χ4n) is 3.34. The number of morpholine rings is 1. The zero-order chi connectivity index (χ0) is 23.0. The molecule has 8 heteroatoms. The highest BCUT2D eigenvalue weighted by atomic mass is 32.1. The van der Waals surface area contributed by atoms with E-state index >= 15 is 0 Å². The average Bonchev–Trinajstić information content (AvgIpc) is 3.27. The summed E-state index contributed by atoms with van der Waals surface area (Å²) in [6, 6.07) is 14.5. The van der Waals surface area contributed by atoms with Crippen molar-refractivity contribution in [3.63, 3.8) is 0 Å². The van der Waals surface area contributed by atoms with Gasteiger partial charge in [-0.15, -0.1) is 11.3 Å². The Balaban J connectivity index is 1.30. The summed E-state index contributed by atoms with van der Waals surface area (Å²) in [5.41, 5.74) is 2.90. The van der Waals surface area contributed by atoms with Crippen LogP contribution < -0.4 is 10.1 Å². The first-order valence-corrected chi connectivity index (χ1v) is 11.5. The lowest BCUT2D eigenvalue weighted by atomic mass is 10.1. The monoisotopic (exact) mass is 463 g/mol. The minimum absolute atomic E-state index is 0.0582. The fraction of sp³-hybridized carbons (Fsp3) is 0.240. The van der Waals surface area contributed by atoms with Crippen LogP contribution in [0, 0.1) is 6.92 Å². The molecule has 2 amide bonds. The first-order valence-electron chi connectivity index (χ1n) is 10.7. The van der Waals surface area contributed by atoms with E-state index in [0.717, 1.165) is 22.0 Å². The van der Waals surface area contributed by atoms with Crippen molar-refractivity contribution in [1.82, 2.24) is 9.88 Å². The summed E-state index contributed by atoms with van der Waals surface area (Å²) in [5.74, 6) is 0.409. The van der Waals surface area contributed by atoms with Gasteiger partial charge in [-0.1, -0.05) is 18.2 Å². The Labute approximate surface area is 196 Å². The Morgan fingerprint density at radius 3 is 2.70 bits per heavy atom. The fourth-order valence-corrected chi connectivity index (χ4v) is 3.94. The maximum absolute atomic E-state index is 12.6. The van der Waals surface area contributed by atoms with Gasteiger partial charge in [0, 0.05) is 35.8 Å². The SMILES string of the molecule is Cc1nc(COc2ccc(/C=C/C(=O)Nc3cccc(C(=O)N4CCOCC4)c3)cc2)cs1. The lowest BCUT2D eigenvalue weighted by molar-refractivity contribution is -0.111. The quantitative estimate of drug-likeness (QED) is 0.533. The number of nitrogens with zero attached hydrogens (tertiary/aromatic N) is 2. The highest BCUT2D eigenvalue weighted by molar-refractivity contribution is 7.09. The summed E-state index contributed by atoms with van der Waals surface area (Å²) in [7, 11) is 0. The number of aryl methyl sites for hydroxylation is 1. The molecular weight excluding hydrogens is 438 g/mol. The number of hydrogen-bond donors (Lipinski definition) is 1. The van der Waals surface area contributed by atoms with Gasteiger partial charge in [-0.2, -0.15) is 0 Å². The summed E-state index contributed by atoms with van der Waals surface area (Å²) in [6.07, 6.45) is 3.19. The van der Waals surface area contributed by atoms with Gasteiger partial charge >= 0.3 is 0 Å².